The first kappa shape index (κ1) is 13.9. The van der Waals surface area contributed by atoms with Gasteiger partial charge in [-0.1, -0.05) is 13.8 Å². The summed E-state index contributed by atoms with van der Waals surface area (Å²) in [4.78, 5) is 10.9. The van der Waals surface area contributed by atoms with Gasteiger partial charge in [0.2, 0.25) is 5.95 Å². The second-order valence-electron chi connectivity index (χ2n) is 4.63. The minimum atomic E-state index is 0.205. The van der Waals surface area contributed by atoms with Crippen molar-refractivity contribution in [3.8, 4) is 0 Å². The van der Waals surface area contributed by atoms with Gasteiger partial charge < -0.3 is 10.6 Å². The molecule has 4 heteroatoms. The summed E-state index contributed by atoms with van der Waals surface area (Å²) in [5.74, 6) is 0.785. The van der Waals surface area contributed by atoms with Gasteiger partial charge in [-0.15, -0.1) is 0 Å². The molecule has 0 bridgehead atoms. The molecule has 0 fully saturated rings. The molecule has 0 saturated carbocycles. The van der Waals surface area contributed by atoms with E-state index < -0.39 is 0 Å². The number of nitrogens with zero attached hydrogens (tertiary/aromatic N) is 3. The number of aromatic nitrogens is 2. The lowest BCUT2D eigenvalue weighted by Gasteiger charge is -2.23. The molecule has 0 radical (unpaired) electrons. The van der Waals surface area contributed by atoms with Crippen molar-refractivity contribution in [2.45, 2.75) is 52.1 Å². The van der Waals surface area contributed by atoms with Crippen LogP contribution >= 0.6 is 0 Å². The number of hydrogen-bond acceptors (Lipinski definition) is 4. The Bertz CT molecular complexity index is 323. The van der Waals surface area contributed by atoms with Gasteiger partial charge in [0.15, 0.2) is 0 Å². The first-order valence-electron chi connectivity index (χ1n) is 6.37. The molecule has 2 unspecified atom stereocenters. The standard InChI is InChI=1S/C13H24N4/c1-5-10(3)17(4)13-15-8-11(9-16-13)7-12(14)6-2/h8-10,12H,5-7,14H2,1-4H3. The molecule has 1 rings (SSSR count). The van der Waals surface area contributed by atoms with Gasteiger partial charge in [0.25, 0.3) is 0 Å². The van der Waals surface area contributed by atoms with E-state index >= 15 is 0 Å². The molecule has 0 spiro atoms. The van der Waals surface area contributed by atoms with Crippen molar-refractivity contribution in [2.24, 2.45) is 5.73 Å². The Morgan fingerprint density at radius 2 is 1.82 bits per heavy atom. The van der Waals surface area contributed by atoms with E-state index in [2.05, 4.69) is 35.6 Å². The third kappa shape index (κ3) is 3.97. The lowest BCUT2D eigenvalue weighted by Crippen LogP contribution is -2.29. The van der Waals surface area contributed by atoms with Crippen molar-refractivity contribution in [1.82, 2.24) is 9.97 Å². The molecule has 2 N–H and O–H groups in total. The highest BCUT2D eigenvalue weighted by Crippen LogP contribution is 2.11. The van der Waals surface area contributed by atoms with E-state index in [4.69, 9.17) is 5.73 Å². The fourth-order valence-corrected chi connectivity index (χ4v) is 1.55. The first-order valence-corrected chi connectivity index (χ1v) is 6.37. The Hall–Kier alpha value is -1.16. The largest absolute Gasteiger partial charge is 0.341 e. The van der Waals surface area contributed by atoms with E-state index in [0.717, 1.165) is 30.8 Å². The number of rotatable bonds is 6. The highest BCUT2D eigenvalue weighted by molar-refractivity contribution is 5.29. The van der Waals surface area contributed by atoms with Crippen LogP contribution in [-0.4, -0.2) is 29.1 Å². The van der Waals surface area contributed by atoms with Gasteiger partial charge in [-0.3, -0.25) is 0 Å². The molecule has 4 nitrogen and oxygen atoms in total. The van der Waals surface area contributed by atoms with E-state index in [1.165, 1.54) is 0 Å². The summed E-state index contributed by atoms with van der Waals surface area (Å²) in [6.07, 6.45) is 6.69. The molecule has 96 valence electrons. The lowest BCUT2D eigenvalue weighted by molar-refractivity contribution is 0.635. The van der Waals surface area contributed by atoms with Crippen LogP contribution in [0.4, 0.5) is 5.95 Å². The molecule has 0 aliphatic carbocycles. The zero-order chi connectivity index (χ0) is 12.8. The van der Waals surface area contributed by atoms with E-state index in [0.29, 0.717) is 6.04 Å². The quantitative estimate of drug-likeness (QED) is 0.820. The van der Waals surface area contributed by atoms with Gasteiger partial charge in [-0.25, -0.2) is 9.97 Å². The fraction of sp³-hybridized carbons (Fsp3) is 0.692. The zero-order valence-electron chi connectivity index (χ0n) is 11.3. The monoisotopic (exact) mass is 236 g/mol. The Morgan fingerprint density at radius 3 is 2.29 bits per heavy atom. The molecule has 1 heterocycles. The summed E-state index contributed by atoms with van der Waals surface area (Å²) >= 11 is 0. The molecule has 0 aromatic carbocycles. The van der Waals surface area contributed by atoms with Crippen molar-refractivity contribution in [2.75, 3.05) is 11.9 Å². The zero-order valence-corrected chi connectivity index (χ0v) is 11.3. The van der Waals surface area contributed by atoms with Gasteiger partial charge in [0.1, 0.15) is 0 Å². The summed E-state index contributed by atoms with van der Waals surface area (Å²) in [6, 6.07) is 0.662. The van der Waals surface area contributed by atoms with Crippen LogP contribution in [0, 0.1) is 0 Å². The predicted octanol–water partition coefficient (Wildman–Crippen LogP) is 1.99. The maximum Gasteiger partial charge on any atom is 0.225 e. The van der Waals surface area contributed by atoms with E-state index in [9.17, 15) is 0 Å². The van der Waals surface area contributed by atoms with Crippen molar-refractivity contribution in [3.63, 3.8) is 0 Å². The molecule has 1 aromatic heterocycles. The summed E-state index contributed by atoms with van der Waals surface area (Å²) in [6.45, 7) is 6.43. The molecule has 17 heavy (non-hydrogen) atoms. The molecule has 2 atom stereocenters. The minimum absolute atomic E-state index is 0.205. The fourth-order valence-electron chi connectivity index (χ4n) is 1.55. The molecule has 0 saturated heterocycles. The second kappa shape index (κ2) is 6.55. The van der Waals surface area contributed by atoms with Crippen LogP contribution in [0.1, 0.15) is 39.2 Å². The van der Waals surface area contributed by atoms with Crippen LogP contribution in [0.25, 0.3) is 0 Å². The lowest BCUT2D eigenvalue weighted by atomic mass is 10.1. The van der Waals surface area contributed by atoms with Crippen LogP contribution in [0.2, 0.25) is 0 Å². The topological polar surface area (TPSA) is 55.0 Å². The summed E-state index contributed by atoms with van der Waals surface area (Å²) in [5.41, 5.74) is 7.02. The minimum Gasteiger partial charge on any atom is -0.341 e. The smallest absolute Gasteiger partial charge is 0.225 e. The Kier molecular flexibility index (Phi) is 5.35. The number of nitrogens with two attached hydrogens (primary N) is 1. The SMILES string of the molecule is CCC(N)Cc1cnc(N(C)C(C)CC)nc1. The highest BCUT2D eigenvalue weighted by atomic mass is 15.2. The number of anilines is 1. The third-order valence-corrected chi connectivity index (χ3v) is 3.28. The van der Waals surface area contributed by atoms with E-state index in [1.807, 2.05) is 19.4 Å². The van der Waals surface area contributed by atoms with Crippen LogP contribution in [0.3, 0.4) is 0 Å². The molecule has 0 aliphatic heterocycles. The van der Waals surface area contributed by atoms with Gasteiger partial charge in [0, 0.05) is 31.5 Å². The van der Waals surface area contributed by atoms with Gasteiger partial charge >= 0.3 is 0 Å². The van der Waals surface area contributed by atoms with Crippen LogP contribution in [0.5, 0.6) is 0 Å². The first-order chi connectivity index (χ1) is 8.08. The van der Waals surface area contributed by atoms with Crippen LogP contribution < -0.4 is 10.6 Å². The van der Waals surface area contributed by atoms with Crippen molar-refractivity contribution in [1.29, 1.82) is 0 Å². The van der Waals surface area contributed by atoms with Crippen molar-refractivity contribution in [3.05, 3.63) is 18.0 Å². The molecule has 0 amide bonds. The molecular formula is C13H24N4. The third-order valence-electron chi connectivity index (χ3n) is 3.28. The van der Waals surface area contributed by atoms with Crippen molar-refractivity contribution >= 4 is 5.95 Å². The predicted molar refractivity (Wildman–Crippen MR) is 72.2 cm³/mol. The van der Waals surface area contributed by atoms with Crippen LogP contribution in [0.15, 0.2) is 12.4 Å². The molecule has 0 aliphatic rings. The van der Waals surface area contributed by atoms with Gasteiger partial charge in [0.05, 0.1) is 0 Å². The second-order valence-corrected chi connectivity index (χ2v) is 4.63. The Balaban J connectivity index is 2.67. The van der Waals surface area contributed by atoms with Crippen molar-refractivity contribution < 1.29 is 0 Å². The van der Waals surface area contributed by atoms with Gasteiger partial charge in [-0.05, 0) is 31.7 Å². The summed E-state index contributed by atoms with van der Waals surface area (Å²) < 4.78 is 0. The maximum atomic E-state index is 5.91. The molecule has 1 aromatic rings. The molecular weight excluding hydrogens is 212 g/mol. The summed E-state index contributed by atoms with van der Waals surface area (Å²) in [7, 11) is 2.03. The summed E-state index contributed by atoms with van der Waals surface area (Å²) in [5, 5.41) is 0. The number of hydrogen-bond donors (Lipinski definition) is 1. The van der Waals surface area contributed by atoms with E-state index in [1.54, 1.807) is 0 Å². The van der Waals surface area contributed by atoms with Crippen LogP contribution in [-0.2, 0) is 6.42 Å². The maximum absolute atomic E-state index is 5.91. The highest BCUT2D eigenvalue weighted by Gasteiger charge is 2.10. The normalized spacial score (nSPS) is 14.4. The Labute approximate surface area is 104 Å². The average molecular weight is 236 g/mol. The average Bonchev–Trinajstić information content (AvgIpc) is 2.37. The van der Waals surface area contributed by atoms with E-state index in [-0.39, 0.29) is 6.04 Å². The Morgan fingerprint density at radius 1 is 1.24 bits per heavy atom. The van der Waals surface area contributed by atoms with Gasteiger partial charge in [-0.2, -0.15) is 0 Å².